The average Bonchev–Trinajstić information content (AvgIpc) is 3.14. The van der Waals surface area contributed by atoms with Crippen LogP contribution in [0.5, 0.6) is 0 Å². The number of para-hydroxylation sites is 1. The van der Waals surface area contributed by atoms with Crippen molar-refractivity contribution in [3.05, 3.63) is 35.9 Å². The lowest BCUT2D eigenvalue weighted by molar-refractivity contribution is 0.143. The number of hydrazone groups is 1. The van der Waals surface area contributed by atoms with E-state index in [1.54, 1.807) is 24.3 Å². The summed E-state index contributed by atoms with van der Waals surface area (Å²) in [6, 6.07) is 8.27. The third-order valence-corrected chi connectivity index (χ3v) is 8.33. The number of anilines is 1. The van der Waals surface area contributed by atoms with Gasteiger partial charge in [0.15, 0.2) is 11.8 Å². The highest BCUT2D eigenvalue weighted by molar-refractivity contribution is 7.91. The van der Waals surface area contributed by atoms with Crippen LogP contribution in [0, 0.1) is 0 Å². The molecule has 0 aliphatic carbocycles. The molecule has 15 heteroatoms. The average molecular weight is 508 g/mol. The number of aliphatic hydroxyl groups is 1. The number of nitrogens with one attached hydrogen (secondary N) is 2. The highest BCUT2D eigenvalue weighted by Crippen LogP contribution is 2.37. The number of fused-ring (bicyclic) bond motifs is 1. The molecule has 1 saturated heterocycles. The van der Waals surface area contributed by atoms with Gasteiger partial charge in [-0.05, 0) is 17.7 Å². The number of hydrogen-bond acceptors (Lipinski definition) is 10. The van der Waals surface area contributed by atoms with Crippen LogP contribution >= 0.6 is 0 Å². The number of aliphatic hydroxyl groups excluding tert-OH is 1. The van der Waals surface area contributed by atoms with E-state index < -0.39 is 25.7 Å². The van der Waals surface area contributed by atoms with Gasteiger partial charge in [0.2, 0.25) is 10.0 Å². The van der Waals surface area contributed by atoms with Gasteiger partial charge in [0.25, 0.3) is 0 Å². The van der Waals surface area contributed by atoms with E-state index in [1.807, 2.05) is 4.90 Å². The zero-order valence-electron chi connectivity index (χ0n) is 17.9. The standard InChI is InChI=1S/C19H25N9O4S2/c20-18(26-27-22)15-11(12-2-1-3-13-16(12)25-19(21)24-13)4-5-14(17(15)34(23,31)32)33(30)10-8-28(9-10)6-7-29/h1-5,10,27,29H,6-9,22H2,(H2,20,26)(H3,21,24,25)(H2,23,31,32). The molecule has 0 spiro atoms. The van der Waals surface area contributed by atoms with Crippen LogP contribution in [0.3, 0.4) is 0 Å². The Hall–Kier alpha value is -3.08. The summed E-state index contributed by atoms with van der Waals surface area (Å²) in [5, 5.41) is 18.1. The molecule has 2 heterocycles. The number of hydrazine groups is 1. The van der Waals surface area contributed by atoms with Crippen LogP contribution in [0.15, 0.2) is 45.2 Å². The number of nitrogens with zero attached hydrogens (tertiary/aromatic N) is 3. The molecule has 0 radical (unpaired) electrons. The fourth-order valence-corrected chi connectivity index (χ4v) is 7.02. The Morgan fingerprint density at radius 3 is 2.68 bits per heavy atom. The Kier molecular flexibility index (Phi) is 6.57. The number of sulfonamides is 1. The van der Waals surface area contributed by atoms with Crippen molar-refractivity contribution in [2.75, 3.05) is 32.0 Å². The second-order valence-corrected chi connectivity index (χ2v) is 10.9. The summed E-state index contributed by atoms with van der Waals surface area (Å²) in [5.41, 5.74) is 15.9. The lowest BCUT2D eigenvalue weighted by Gasteiger charge is -2.38. The maximum absolute atomic E-state index is 13.4. The first-order chi connectivity index (χ1) is 16.2. The number of H-pyrrole nitrogens is 1. The molecule has 0 bridgehead atoms. The largest absolute Gasteiger partial charge is 0.395 e. The molecule has 0 saturated carbocycles. The summed E-state index contributed by atoms with van der Waals surface area (Å²) in [4.78, 5) is 8.74. The van der Waals surface area contributed by atoms with Gasteiger partial charge in [0.05, 0.1) is 38.6 Å². The topological polar surface area (TPSA) is 232 Å². The van der Waals surface area contributed by atoms with Crippen LogP contribution in [-0.4, -0.2) is 69.9 Å². The van der Waals surface area contributed by atoms with Gasteiger partial charge in [-0.2, -0.15) is 0 Å². The molecule has 1 aliphatic rings. The first-order valence-corrected chi connectivity index (χ1v) is 12.9. The SMILES string of the molecule is NN/N=C(\N)c1c(-c2cccc3[nH]c(N)nc23)ccc(S(=O)C2CN(CCO)C2)c1S(N)(=O)=O. The first-order valence-electron chi connectivity index (χ1n) is 10.1. The first kappa shape index (κ1) is 24.1. The molecule has 3 aromatic rings. The monoisotopic (exact) mass is 507 g/mol. The molecule has 1 unspecified atom stereocenters. The van der Waals surface area contributed by atoms with Crippen molar-refractivity contribution < 1.29 is 17.7 Å². The van der Waals surface area contributed by atoms with E-state index in [0.717, 1.165) is 0 Å². The number of primary sulfonamides is 1. The number of nitrogens with two attached hydrogens (primary N) is 4. The Bertz CT molecular complexity index is 1400. The second-order valence-electron chi connectivity index (χ2n) is 7.71. The number of likely N-dealkylation sites (tertiary alicyclic amines) is 1. The fourth-order valence-electron chi connectivity index (χ4n) is 4.04. The van der Waals surface area contributed by atoms with Crippen molar-refractivity contribution in [3.63, 3.8) is 0 Å². The zero-order chi connectivity index (χ0) is 24.6. The van der Waals surface area contributed by atoms with Crippen molar-refractivity contribution in [2.45, 2.75) is 15.0 Å². The molecule has 1 aromatic heterocycles. The molecule has 4 rings (SSSR count). The van der Waals surface area contributed by atoms with Crippen LogP contribution in [0.25, 0.3) is 22.2 Å². The molecule has 13 nitrogen and oxygen atoms in total. The van der Waals surface area contributed by atoms with Crippen LogP contribution in [-0.2, 0) is 20.8 Å². The van der Waals surface area contributed by atoms with E-state index in [2.05, 4.69) is 20.6 Å². The highest BCUT2D eigenvalue weighted by Gasteiger charge is 2.36. The third-order valence-electron chi connectivity index (χ3n) is 5.53. The number of aromatic nitrogens is 2. The van der Waals surface area contributed by atoms with Crippen molar-refractivity contribution in [3.8, 4) is 11.1 Å². The van der Waals surface area contributed by atoms with E-state index in [-0.39, 0.29) is 34.1 Å². The quantitative estimate of drug-likeness (QED) is 0.0792. The summed E-state index contributed by atoms with van der Waals surface area (Å²) >= 11 is 0. The summed E-state index contributed by atoms with van der Waals surface area (Å²) in [5.74, 6) is 5.22. The molecule has 11 N–H and O–H groups in total. The van der Waals surface area contributed by atoms with Crippen molar-refractivity contribution in [1.82, 2.24) is 20.4 Å². The van der Waals surface area contributed by atoms with E-state index in [4.69, 9.17) is 27.6 Å². The second kappa shape index (κ2) is 9.28. The minimum atomic E-state index is -4.42. The third kappa shape index (κ3) is 4.36. The van der Waals surface area contributed by atoms with Gasteiger partial charge in [-0.15, -0.1) is 5.10 Å². The summed E-state index contributed by atoms with van der Waals surface area (Å²) in [6.07, 6.45) is 0. The highest BCUT2D eigenvalue weighted by atomic mass is 32.2. The van der Waals surface area contributed by atoms with Crippen molar-refractivity contribution in [1.29, 1.82) is 0 Å². The molecule has 1 fully saturated rings. The van der Waals surface area contributed by atoms with Gasteiger partial charge in [-0.3, -0.25) is 9.11 Å². The summed E-state index contributed by atoms with van der Waals surface area (Å²) in [6.45, 7) is 1.30. The molecule has 182 valence electrons. The Balaban J connectivity index is 1.96. The number of rotatable bonds is 8. The van der Waals surface area contributed by atoms with E-state index >= 15 is 0 Å². The number of nitrogen functional groups attached to an aromatic ring is 1. The smallest absolute Gasteiger partial charge is 0.240 e. The van der Waals surface area contributed by atoms with Crippen molar-refractivity contribution >= 4 is 43.6 Å². The van der Waals surface area contributed by atoms with Crippen molar-refractivity contribution in [2.24, 2.45) is 21.8 Å². The molecular formula is C19H25N9O4S2. The lowest BCUT2D eigenvalue weighted by Crippen LogP contribution is -2.53. The predicted molar refractivity (Wildman–Crippen MR) is 129 cm³/mol. The Morgan fingerprint density at radius 2 is 2.03 bits per heavy atom. The zero-order valence-corrected chi connectivity index (χ0v) is 19.6. The van der Waals surface area contributed by atoms with E-state index in [9.17, 15) is 12.6 Å². The summed E-state index contributed by atoms with van der Waals surface area (Å²) in [7, 11) is -6.15. The maximum Gasteiger partial charge on any atom is 0.240 e. The van der Waals surface area contributed by atoms with Gasteiger partial charge >= 0.3 is 0 Å². The molecule has 2 aromatic carbocycles. The van der Waals surface area contributed by atoms with Gasteiger partial charge in [-0.1, -0.05) is 18.2 Å². The molecule has 34 heavy (non-hydrogen) atoms. The number of imidazole rings is 1. The molecule has 1 aliphatic heterocycles. The number of benzene rings is 2. The minimum Gasteiger partial charge on any atom is -0.395 e. The van der Waals surface area contributed by atoms with Gasteiger partial charge < -0.3 is 21.6 Å². The van der Waals surface area contributed by atoms with Crippen LogP contribution < -0.4 is 28.0 Å². The Morgan fingerprint density at radius 1 is 1.29 bits per heavy atom. The normalized spacial score (nSPS) is 16.5. The van der Waals surface area contributed by atoms with Gasteiger partial charge in [-0.25, -0.2) is 29.9 Å². The number of hydrogen-bond donors (Lipinski definition) is 7. The van der Waals surface area contributed by atoms with Gasteiger partial charge in [0, 0.05) is 30.8 Å². The number of amidine groups is 1. The van der Waals surface area contributed by atoms with E-state index in [1.165, 1.54) is 6.07 Å². The Labute approximate surface area is 197 Å². The molecule has 0 amide bonds. The fraction of sp³-hybridized carbons (Fsp3) is 0.263. The predicted octanol–water partition coefficient (Wildman–Crippen LogP) is -1.67. The molecular weight excluding hydrogens is 482 g/mol. The van der Waals surface area contributed by atoms with Crippen LogP contribution in [0.2, 0.25) is 0 Å². The lowest BCUT2D eigenvalue weighted by atomic mass is 9.97. The summed E-state index contributed by atoms with van der Waals surface area (Å²) < 4.78 is 39.0. The molecule has 1 atom stereocenters. The number of β-amino-alcohol motifs (C(OH)–C–C–N with tert-alkyl or cyclic N) is 1. The minimum absolute atomic E-state index is 0.0128. The van der Waals surface area contributed by atoms with Crippen LogP contribution in [0.4, 0.5) is 5.95 Å². The number of aromatic amines is 1. The van der Waals surface area contributed by atoms with Crippen LogP contribution in [0.1, 0.15) is 5.56 Å². The van der Waals surface area contributed by atoms with Gasteiger partial charge in [0.1, 0.15) is 4.90 Å². The van der Waals surface area contributed by atoms with E-state index in [0.29, 0.717) is 41.8 Å². The maximum atomic E-state index is 13.4.